The van der Waals surface area contributed by atoms with Crippen molar-refractivity contribution in [1.29, 1.82) is 0 Å². The van der Waals surface area contributed by atoms with Gasteiger partial charge in [-0.25, -0.2) is 4.98 Å². The minimum absolute atomic E-state index is 0.140. The number of nitrogens with zero attached hydrogens (tertiary/aromatic N) is 1. The third-order valence-electron chi connectivity index (χ3n) is 3.35. The normalized spacial score (nSPS) is 10.6. The van der Waals surface area contributed by atoms with Gasteiger partial charge in [0, 0.05) is 30.8 Å². The summed E-state index contributed by atoms with van der Waals surface area (Å²) in [6, 6.07) is 8.30. The van der Waals surface area contributed by atoms with Crippen LogP contribution in [0.5, 0.6) is 0 Å². The van der Waals surface area contributed by atoms with Crippen LogP contribution in [-0.2, 0) is 9.59 Å². The highest BCUT2D eigenvalue weighted by atomic mass is 32.1. The molecule has 0 spiro atoms. The summed E-state index contributed by atoms with van der Waals surface area (Å²) in [5, 5.41) is 7.84. The molecule has 0 unspecified atom stereocenters. The van der Waals surface area contributed by atoms with Gasteiger partial charge >= 0.3 is 0 Å². The Labute approximate surface area is 140 Å². The topological polar surface area (TPSA) is 71.1 Å². The Hall–Kier alpha value is -2.21. The number of amides is 2. The predicted octanol–water partition coefficient (Wildman–Crippen LogP) is 3.40. The highest BCUT2D eigenvalue weighted by Crippen LogP contribution is 2.26. The minimum atomic E-state index is -0.158. The second-order valence-corrected chi connectivity index (χ2v) is 6.45. The number of carbonyl (C=O) groups is 2. The molecule has 1 aromatic carbocycles. The van der Waals surface area contributed by atoms with Gasteiger partial charge in [-0.05, 0) is 11.5 Å². The zero-order valence-electron chi connectivity index (χ0n) is 13.6. The third-order valence-corrected chi connectivity index (χ3v) is 4.11. The van der Waals surface area contributed by atoms with Crippen LogP contribution in [0.15, 0.2) is 29.6 Å². The molecule has 1 aromatic heterocycles. The van der Waals surface area contributed by atoms with E-state index in [2.05, 4.69) is 41.6 Å². The van der Waals surface area contributed by atoms with Crippen molar-refractivity contribution in [1.82, 2.24) is 10.3 Å². The molecule has 0 radical (unpaired) electrons. The molecule has 5 nitrogen and oxygen atoms in total. The number of aromatic nitrogens is 1. The van der Waals surface area contributed by atoms with Crippen molar-refractivity contribution in [3.63, 3.8) is 0 Å². The van der Waals surface area contributed by atoms with Gasteiger partial charge in [-0.2, -0.15) is 0 Å². The van der Waals surface area contributed by atoms with Crippen LogP contribution in [0.25, 0.3) is 11.3 Å². The molecule has 2 rings (SSSR count). The Morgan fingerprint density at radius 2 is 1.91 bits per heavy atom. The predicted molar refractivity (Wildman–Crippen MR) is 93.6 cm³/mol. The summed E-state index contributed by atoms with van der Waals surface area (Å²) in [4.78, 5) is 27.0. The second kappa shape index (κ2) is 7.87. The maximum absolute atomic E-state index is 11.8. The SMILES string of the molecule is CC(=O)NCCC(=O)Nc1nc(-c2ccc(C(C)C)cc2)cs1. The Morgan fingerprint density at radius 1 is 1.22 bits per heavy atom. The van der Waals surface area contributed by atoms with Crippen molar-refractivity contribution in [2.75, 3.05) is 11.9 Å². The number of thiazole rings is 1. The summed E-state index contributed by atoms with van der Waals surface area (Å²) in [5.41, 5.74) is 3.17. The van der Waals surface area contributed by atoms with Gasteiger partial charge in [0.25, 0.3) is 0 Å². The fourth-order valence-corrected chi connectivity index (χ4v) is 2.77. The first kappa shape index (κ1) is 17.1. The smallest absolute Gasteiger partial charge is 0.227 e. The number of hydrogen-bond donors (Lipinski definition) is 2. The van der Waals surface area contributed by atoms with Gasteiger partial charge in [-0.3, -0.25) is 9.59 Å². The summed E-state index contributed by atoms with van der Waals surface area (Å²) in [6.45, 7) is 6.07. The molecule has 0 bridgehead atoms. The van der Waals surface area contributed by atoms with Crippen LogP contribution in [0.2, 0.25) is 0 Å². The molecule has 0 aliphatic carbocycles. The molecule has 2 N–H and O–H groups in total. The fourth-order valence-electron chi connectivity index (χ4n) is 2.04. The quantitative estimate of drug-likeness (QED) is 0.852. The summed E-state index contributed by atoms with van der Waals surface area (Å²) in [7, 11) is 0. The summed E-state index contributed by atoms with van der Waals surface area (Å²) in [5.74, 6) is 0.201. The summed E-state index contributed by atoms with van der Waals surface area (Å²) >= 11 is 1.39. The van der Waals surface area contributed by atoms with Gasteiger partial charge in [0.15, 0.2) is 5.13 Å². The Balaban J connectivity index is 1.94. The van der Waals surface area contributed by atoms with Crippen LogP contribution in [0.3, 0.4) is 0 Å². The molecule has 0 atom stereocenters. The van der Waals surface area contributed by atoms with Gasteiger partial charge in [0.1, 0.15) is 0 Å². The first-order valence-corrected chi connectivity index (χ1v) is 8.44. The minimum Gasteiger partial charge on any atom is -0.356 e. The van der Waals surface area contributed by atoms with E-state index in [-0.39, 0.29) is 18.2 Å². The van der Waals surface area contributed by atoms with E-state index in [9.17, 15) is 9.59 Å². The molecule has 0 aliphatic heterocycles. The number of benzene rings is 1. The zero-order valence-corrected chi connectivity index (χ0v) is 14.4. The molecule has 0 fully saturated rings. The van der Waals surface area contributed by atoms with Gasteiger partial charge in [-0.15, -0.1) is 11.3 Å². The van der Waals surface area contributed by atoms with E-state index < -0.39 is 0 Å². The van der Waals surface area contributed by atoms with E-state index in [1.165, 1.54) is 23.8 Å². The molecular formula is C17H21N3O2S. The van der Waals surface area contributed by atoms with Crippen LogP contribution in [0.4, 0.5) is 5.13 Å². The molecule has 0 aliphatic rings. The third kappa shape index (κ3) is 5.17. The van der Waals surface area contributed by atoms with Crippen LogP contribution < -0.4 is 10.6 Å². The van der Waals surface area contributed by atoms with E-state index in [1.807, 2.05) is 17.5 Å². The Kier molecular flexibility index (Phi) is 5.87. The lowest BCUT2D eigenvalue weighted by Gasteiger charge is -2.05. The highest BCUT2D eigenvalue weighted by molar-refractivity contribution is 7.14. The van der Waals surface area contributed by atoms with Crippen molar-refractivity contribution in [3.8, 4) is 11.3 Å². The highest BCUT2D eigenvalue weighted by Gasteiger charge is 2.08. The first-order valence-electron chi connectivity index (χ1n) is 7.56. The molecule has 0 saturated heterocycles. The molecule has 122 valence electrons. The van der Waals surface area contributed by atoms with Crippen LogP contribution >= 0.6 is 11.3 Å². The van der Waals surface area contributed by atoms with E-state index in [4.69, 9.17) is 0 Å². The summed E-state index contributed by atoms with van der Waals surface area (Å²) in [6.07, 6.45) is 0.234. The van der Waals surface area contributed by atoms with E-state index in [1.54, 1.807) is 0 Å². The maximum atomic E-state index is 11.8. The number of anilines is 1. The number of carbonyl (C=O) groups excluding carboxylic acids is 2. The lowest BCUT2D eigenvalue weighted by Crippen LogP contribution is -2.25. The average molecular weight is 331 g/mol. The second-order valence-electron chi connectivity index (χ2n) is 5.60. The van der Waals surface area contributed by atoms with Crippen molar-refractivity contribution in [3.05, 3.63) is 35.2 Å². The molecule has 2 amide bonds. The molecule has 1 heterocycles. The monoisotopic (exact) mass is 331 g/mol. The summed E-state index contributed by atoms with van der Waals surface area (Å²) < 4.78 is 0. The molecule has 2 aromatic rings. The largest absolute Gasteiger partial charge is 0.356 e. The van der Waals surface area contributed by atoms with Crippen LogP contribution in [0.1, 0.15) is 38.7 Å². The van der Waals surface area contributed by atoms with Crippen molar-refractivity contribution in [2.45, 2.75) is 33.1 Å². The average Bonchev–Trinajstić information content (AvgIpc) is 2.95. The van der Waals surface area contributed by atoms with E-state index in [0.29, 0.717) is 17.6 Å². The van der Waals surface area contributed by atoms with Gasteiger partial charge in [-0.1, -0.05) is 38.1 Å². The lowest BCUT2D eigenvalue weighted by atomic mass is 10.0. The van der Waals surface area contributed by atoms with Crippen LogP contribution in [-0.4, -0.2) is 23.3 Å². The number of rotatable bonds is 6. The molecule has 0 saturated carbocycles. The van der Waals surface area contributed by atoms with Gasteiger partial charge < -0.3 is 10.6 Å². The van der Waals surface area contributed by atoms with Crippen molar-refractivity contribution < 1.29 is 9.59 Å². The molecular weight excluding hydrogens is 310 g/mol. The van der Waals surface area contributed by atoms with E-state index >= 15 is 0 Å². The van der Waals surface area contributed by atoms with Gasteiger partial charge in [0.2, 0.25) is 11.8 Å². The maximum Gasteiger partial charge on any atom is 0.227 e. The Bertz CT molecular complexity index is 677. The molecule has 6 heteroatoms. The number of nitrogens with one attached hydrogen (secondary N) is 2. The van der Waals surface area contributed by atoms with Crippen molar-refractivity contribution in [2.24, 2.45) is 0 Å². The zero-order chi connectivity index (χ0) is 16.8. The fraction of sp³-hybridized carbons (Fsp3) is 0.353. The first-order chi connectivity index (χ1) is 11.0. The van der Waals surface area contributed by atoms with Gasteiger partial charge in [0.05, 0.1) is 5.69 Å². The standard InChI is InChI=1S/C17H21N3O2S/c1-11(2)13-4-6-14(7-5-13)15-10-23-17(19-15)20-16(22)8-9-18-12(3)21/h4-7,10-11H,8-9H2,1-3H3,(H,18,21)(H,19,20,22). The molecule has 23 heavy (non-hydrogen) atoms. The van der Waals surface area contributed by atoms with E-state index in [0.717, 1.165) is 11.3 Å². The van der Waals surface area contributed by atoms with Crippen molar-refractivity contribution >= 4 is 28.3 Å². The number of hydrogen-bond acceptors (Lipinski definition) is 4. The van der Waals surface area contributed by atoms with Crippen LogP contribution in [0, 0.1) is 0 Å². The Morgan fingerprint density at radius 3 is 2.52 bits per heavy atom. The lowest BCUT2D eigenvalue weighted by molar-refractivity contribution is -0.119.